The molecule has 0 aliphatic heterocycles. The van der Waals surface area contributed by atoms with Crippen molar-refractivity contribution in [1.29, 1.82) is 0 Å². The molecule has 2 aromatic carbocycles. The van der Waals surface area contributed by atoms with Crippen molar-refractivity contribution in [3.8, 4) is 11.5 Å². The molecule has 152 valence electrons. The van der Waals surface area contributed by atoms with Gasteiger partial charge in [-0.3, -0.25) is 4.79 Å². The van der Waals surface area contributed by atoms with Gasteiger partial charge in [0.15, 0.2) is 5.78 Å². The molecule has 1 saturated carbocycles. The third-order valence-electron chi connectivity index (χ3n) is 4.62. The van der Waals surface area contributed by atoms with Crippen LogP contribution in [-0.4, -0.2) is 20.0 Å². The van der Waals surface area contributed by atoms with Crippen molar-refractivity contribution in [2.75, 3.05) is 14.2 Å². The summed E-state index contributed by atoms with van der Waals surface area (Å²) < 4.78 is 10.8. The van der Waals surface area contributed by atoms with E-state index >= 15 is 0 Å². The van der Waals surface area contributed by atoms with Crippen LogP contribution in [0.1, 0.15) is 30.4 Å². The molecule has 1 aliphatic rings. The summed E-state index contributed by atoms with van der Waals surface area (Å²) in [6, 6.07) is 6.66. The number of carbonyl (C=O) groups excluding carboxylic acids is 1. The average molecular weight is 472 g/mol. The molecular formula is C22H18Cl4O3. The Morgan fingerprint density at radius 1 is 0.759 bits per heavy atom. The van der Waals surface area contributed by atoms with Gasteiger partial charge in [0.05, 0.1) is 24.3 Å². The number of allylic oxidation sites excluding steroid dienone is 2. The second kappa shape index (κ2) is 9.44. The molecule has 0 saturated heterocycles. The topological polar surface area (TPSA) is 35.5 Å². The van der Waals surface area contributed by atoms with E-state index in [0.29, 0.717) is 66.7 Å². The Balaban J connectivity index is 2.03. The smallest absolute Gasteiger partial charge is 0.185 e. The number of Topliss-reactive ketones (excluding diaryl/α,β-unsaturated/α-hetero) is 1. The first kappa shape index (κ1) is 22.0. The number of methoxy groups -OCH3 is 2. The number of ketones is 1. The van der Waals surface area contributed by atoms with Crippen LogP contribution in [0.2, 0.25) is 20.1 Å². The fourth-order valence-corrected chi connectivity index (χ4v) is 4.53. The van der Waals surface area contributed by atoms with Gasteiger partial charge in [-0.25, -0.2) is 0 Å². The summed E-state index contributed by atoms with van der Waals surface area (Å²) in [5, 5.41) is 1.73. The van der Waals surface area contributed by atoms with Gasteiger partial charge in [0.1, 0.15) is 11.5 Å². The van der Waals surface area contributed by atoms with E-state index in [0.717, 1.165) is 6.42 Å². The van der Waals surface area contributed by atoms with Gasteiger partial charge in [0.2, 0.25) is 0 Å². The highest BCUT2D eigenvalue weighted by Gasteiger charge is 2.22. The molecule has 0 radical (unpaired) electrons. The van der Waals surface area contributed by atoms with Crippen LogP contribution in [0.15, 0.2) is 35.4 Å². The maximum absolute atomic E-state index is 13.1. The van der Waals surface area contributed by atoms with Gasteiger partial charge < -0.3 is 9.47 Å². The van der Waals surface area contributed by atoms with Crippen molar-refractivity contribution >= 4 is 64.3 Å². The molecule has 0 aromatic heterocycles. The molecule has 0 heterocycles. The zero-order valence-electron chi connectivity index (χ0n) is 15.8. The van der Waals surface area contributed by atoms with Gasteiger partial charge in [-0.05, 0) is 55.7 Å². The summed E-state index contributed by atoms with van der Waals surface area (Å²) in [6.07, 6.45) is 5.70. The first-order chi connectivity index (χ1) is 13.8. The number of carbonyl (C=O) groups is 1. The minimum absolute atomic E-state index is 0.0486. The SMILES string of the molecule is COc1c(Cl)cc(Cl)cc1/C=C1/CCC/C(=C\c2cc(Cl)cc(Cl)c2OC)C1=O. The number of hydrogen-bond acceptors (Lipinski definition) is 3. The maximum Gasteiger partial charge on any atom is 0.185 e. The first-order valence-corrected chi connectivity index (χ1v) is 10.4. The summed E-state index contributed by atoms with van der Waals surface area (Å²) in [5.74, 6) is 0.916. The first-order valence-electron chi connectivity index (χ1n) is 8.86. The molecule has 2 aromatic rings. The molecule has 0 spiro atoms. The van der Waals surface area contributed by atoms with Gasteiger partial charge in [-0.15, -0.1) is 0 Å². The lowest BCUT2D eigenvalue weighted by Gasteiger charge is -2.18. The number of halogens is 4. The number of rotatable bonds is 4. The highest BCUT2D eigenvalue weighted by molar-refractivity contribution is 6.36. The molecule has 0 unspecified atom stereocenters. The summed E-state index contributed by atoms with van der Waals surface area (Å²) in [6.45, 7) is 0. The Morgan fingerprint density at radius 2 is 1.17 bits per heavy atom. The van der Waals surface area contributed by atoms with Crippen molar-refractivity contribution in [2.45, 2.75) is 19.3 Å². The highest BCUT2D eigenvalue weighted by Crippen LogP contribution is 2.38. The molecule has 29 heavy (non-hydrogen) atoms. The minimum atomic E-state index is -0.0486. The Labute approximate surface area is 189 Å². The lowest BCUT2D eigenvalue weighted by Crippen LogP contribution is -2.12. The molecule has 0 N–H and O–H groups in total. The standard InChI is InChI=1S/C22H18Cl4O3/c1-28-21-14(8-16(23)10-18(21)25)6-12-4-3-5-13(20(12)27)7-15-9-17(24)11-19(26)22(15)29-2/h6-11H,3-5H2,1-2H3/b12-6-,13-7+. The van der Waals surface area contributed by atoms with E-state index in [-0.39, 0.29) is 5.78 Å². The molecule has 0 atom stereocenters. The van der Waals surface area contributed by atoms with Gasteiger partial charge >= 0.3 is 0 Å². The van der Waals surface area contributed by atoms with E-state index in [1.807, 2.05) is 0 Å². The third kappa shape index (κ3) is 4.92. The van der Waals surface area contributed by atoms with Crippen molar-refractivity contribution in [3.63, 3.8) is 0 Å². The van der Waals surface area contributed by atoms with Crippen LogP contribution in [0, 0.1) is 0 Å². The molecule has 3 nitrogen and oxygen atoms in total. The zero-order valence-corrected chi connectivity index (χ0v) is 18.8. The van der Waals surface area contributed by atoms with Gasteiger partial charge in [0, 0.05) is 32.3 Å². The maximum atomic E-state index is 13.1. The number of hydrogen-bond donors (Lipinski definition) is 0. The van der Waals surface area contributed by atoms with E-state index < -0.39 is 0 Å². The molecule has 0 amide bonds. The summed E-state index contributed by atoms with van der Waals surface area (Å²) >= 11 is 24.7. The monoisotopic (exact) mass is 470 g/mol. The van der Waals surface area contributed by atoms with Gasteiger partial charge in [-0.2, -0.15) is 0 Å². The van der Waals surface area contributed by atoms with Crippen LogP contribution < -0.4 is 9.47 Å². The predicted molar refractivity (Wildman–Crippen MR) is 121 cm³/mol. The quantitative estimate of drug-likeness (QED) is 0.432. The largest absolute Gasteiger partial charge is 0.495 e. The van der Waals surface area contributed by atoms with Crippen LogP contribution in [-0.2, 0) is 4.79 Å². The Hall–Kier alpha value is -1.65. The van der Waals surface area contributed by atoms with Crippen molar-refractivity contribution in [1.82, 2.24) is 0 Å². The normalized spacial score (nSPS) is 17.1. The average Bonchev–Trinajstić information content (AvgIpc) is 2.64. The summed E-state index contributed by atoms with van der Waals surface area (Å²) in [5.41, 5.74) is 2.65. The van der Waals surface area contributed by atoms with E-state index in [4.69, 9.17) is 55.9 Å². The van der Waals surface area contributed by atoms with Gasteiger partial charge in [0.25, 0.3) is 0 Å². The number of ether oxygens (including phenoxy) is 2. The summed E-state index contributed by atoms with van der Waals surface area (Å²) in [7, 11) is 3.06. The molecular weight excluding hydrogens is 454 g/mol. The molecule has 0 bridgehead atoms. The Bertz CT molecular complexity index is 946. The van der Waals surface area contributed by atoms with E-state index in [9.17, 15) is 4.79 Å². The van der Waals surface area contributed by atoms with Gasteiger partial charge in [-0.1, -0.05) is 46.4 Å². The fraction of sp³-hybridized carbons (Fsp3) is 0.227. The highest BCUT2D eigenvalue weighted by atomic mass is 35.5. The van der Waals surface area contributed by atoms with Crippen molar-refractivity contribution in [2.24, 2.45) is 0 Å². The van der Waals surface area contributed by atoms with Crippen LogP contribution in [0.5, 0.6) is 11.5 Å². The van der Waals surface area contributed by atoms with Crippen LogP contribution >= 0.6 is 46.4 Å². The lowest BCUT2D eigenvalue weighted by atomic mass is 9.86. The Morgan fingerprint density at radius 3 is 1.55 bits per heavy atom. The molecule has 1 aliphatic carbocycles. The van der Waals surface area contributed by atoms with Crippen molar-refractivity contribution < 1.29 is 14.3 Å². The zero-order chi connectivity index (χ0) is 21.1. The van der Waals surface area contributed by atoms with E-state index in [2.05, 4.69) is 0 Å². The third-order valence-corrected chi connectivity index (χ3v) is 5.62. The second-order valence-electron chi connectivity index (χ2n) is 6.54. The van der Waals surface area contributed by atoms with E-state index in [1.54, 1.807) is 36.4 Å². The fourth-order valence-electron chi connectivity index (χ4n) is 3.36. The lowest BCUT2D eigenvalue weighted by molar-refractivity contribution is -0.112. The van der Waals surface area contributed by atoms with E-state index in [1.165, 1.54) is 14.2 Å². The van der Waals surface area contributed by atoms with Crippen molar-refractivity contribution in [3.05, 3.63) is 66.6 Å². The molecule has 3 rings (SSSR count). The van der Waals surface area contributed by atoms with Crippen LogP contribution in [0.4, 0.5) is 0 Å². The predicted octanol–water partition coefficient (Wildman–Crippen LogP) is 7.54. The van der Waals surface area contributed by atoms with Crippen LogP contribution in [0.25, 0.3) is 12.2 Å². The minimum Gasteiger partial charge on any atom is -0.495 e. The number of benzene rings is 2. The van der Waals surface area contributed by atoms with Crippen LogP contribution in [0.3, 0.4) is 0 Å². The second-order valence-corrected chi connectivity index (χ2v) is 8.23. The molecule has 1 fully saturated rings. The Kier molecular flexibility index (Phi) is 7.18. The molecule has 7 heteroatoms. The summed E-state index contributed by atoms with van der Waals surface area (Å²) in [4.78, 5) is 13.1.